The predicted octanol–water partition coefficient (Wildman–Crippen LogP) is 5.97. The van der Waals surface area contributed by atoms with Crippen molar-refractivity contribution in [2.75, 3.05) is 0 Å². The minimum Gasteiger partial charge on any atom is -0.0622 e. The van der Waals surface area contributed by atoms with Crippen LogP contribution in [0, 0.1) is 0 Å². The first kappa shape index (κ1) is 13.9. The highest BCUT2D eigenvalue weighted by Crippen LogP contribution is 2.28. The van der Waals surface area contributed by atoms with E-state index in [0.29, 0.717) is 5.92 Å². The van der Waals surface area contributed by atoms with E-state index in [1.807, 2.05) is 0 Å². The highest BCUT2D eigenvalue weighted by Gasteiger charge is 2.08. The van der Waals surface area contributed by atoms with Crippen LogP contribution in [0.3, 0.4) is 0 Å². The van der Waals surface area contributed by atoms with Crippen molar-refractivity contribution in [1.82, 2.24) is 0 Å². The molecule has 0 aliphatic rings. The van der Waals surface area contributed by atoms with Gasteiger partial charge in [-0.15, -0.1) is 0 Å². The molecule has 3 aromatic carbocycles. The average molecular weight is 274 g/mol. The Balaban J connectivity index is 1.68. The fourth-order valence-electron chi connectivity index (χ4n) is 3.09. The summed E-state index contributed by atoms with van der Waals surface area (Å²) < 4.78 is 0. The lowest BCUT2D eigenvalue weighted by Crippen LogP contribution is -1.96. The molecular formula is C21H22. The smallest absolute Gasteiger partial charge is 0.0149 e. The van der Waals surface area contributed by atoms with Crippen LogP contribution in [0.1, 0.15) is 36.8 Å². The number of hydrogen-bond donors (Lipinski definition) is 0. The Morgan fingerprint density at radius 3 is 2.33 bits per heavy atom. The second kappa shape index (κ2) is 6.58. The number of hydrogen-bond acceptors (Lipinski definition) is 0. The molecule has 0 N–H and O–H groups in total. The van der Waals surface area contributed by atoms with Crippen LogP contribution in [0.25, 0.3) is 10.8 Å². The van der Waals surface area contributed by atoms with E-state index < -0.39 is 0 Å². The Labute approximate surface area is 127 Å². The van der Waals surface area contributed by atoms with Gasteiger partial charge >= 0.3 is 0 Å². The molecule has 0 spiro atoms. The van der Waals surface area contributed by atoms with Crippen LogP contribution in [0.2, 0.25) is 0 Å². The zero-order valence-electron chi connectivity index (χ0n) is 12.6. The lowest BCUT2D eigenvalue weighted by atomic mass is 9.90. The van der Waals surface area contributed by atoms with E-state index in [2.05, 4.69) is 79.7 Å². The molecule has 0 aliphatic heterocycles. The molecular weight excluding hydrogens is 252 g/mol. The van der Waals surface area contributed by atoms with Crippen molar-refractivity contribution in [2.24, 2.45) is 0 Å². The zero-order valence-corrected chi connectivity index (χ0v) is 12.6. The highest BCUT2D eigenvalue weighted by molar-refractivity contribution is 5.86. The van der Waals surface area contributed by atoms with Gasteiger partial charge in [0.1, 0.15) is 0 Å². The lowest BCUT2D eigenvalue weighted by molar-refractivity contribution is 0.637. The maximum Gasteiger partial charge on any atom is -0.0149 e. The fraction of sp³-hybridized carbons (Fsp3) is 0.238. The third kappa shape index (κ3) is 3.33. The molecule has 0 amide bonds. The molecule has 0 heteroatoms. The van der Waals surface area contributed by atoms with Gasteiger partial charge in [0.2, 0.25) is 0 Å². The second-order valence-electron chi connectivity index (χ2n) is 5.85. The van der Waals surface area contributed by atoms with E-state index in [9.17, 15) is 0 Å². The summed E-state index contributed by atoms with van der Waals surface area (Å²) in [6, 6.07) is 26.2. The summed E-state index contributed by atoms with van der Waals surface area (Å²) in [5.74, 6) is 0.611. The van der Waals surface area contributed by atoms with E-state index in [-0.39, 0.29) is 0 Å². The van der Waals surface area contributed by atoms with E-state index in [1.165, 1.54) is 41.2 Å². The topological polar surface area (TPSA) is 0 Å². The molecule has 0 bridgehead atoms. The molecule has 1 atom stereocenters. The Bertz CT molecular complexity index is 692. The first-order chi connectivity index (χ1) is 10.3. The van der Waals surface area contributed by atoms with Gasteiger partial charge in [-0.25, -0.2) is 0 Å². The van der Waals surface area contributed by atoms with Gasteiger partial charge in [0.05, 0.1) is 0 Å². The molecule has 0 aliphatic carbocycles. The van der Waals surface area contributed by atoms with Gasteiger partial charge in [-0.05, 0) is 47.1 Å². The van der Waals surface area contributed by atoms with E-state index >= 15 is 0 Å². The maximum atomic E-state index is 2.35. The third-order valence-electron chi connectivity index (χ3n) is 4.30. The molecule has 106 valence electrons. The Morgan fingerprint density at radius 1 is 0.762 bits per heavy atom. The van der Waals surface area contributed by atoms with Gasteiger partial charge < -0.3 is 0 Å². The van der Waals surface area contributed by atoms with Gasteiger partial charge in [-0.1, -0.05) is 79.7 Å². The number of fused-ring (bicyclic) bond motifs is 1. The zero-order chi connectivity index (χ0) is 14.5. The molecule has 1 unspecified atom stereocenters. The number of benzene rings is 3. The van der Waals surface area contributed by atoms with Gasteiger partial charge in [-0.2, -0.15) is 0 Å². The lowest BCUT2D eigenvalue weighted by Gasteiger charge is -2.14. The Hall–Kier alpha value is -2.08. The van der Waals surface area contributed by atoms with Gasteiger partial charge in [-0.3, -0.25) is 0 Å². The molecule has 0 heterocycles. The number of rotatable bonds is 5. The Morgan fingerprint density at radius 2 is 1.48 bits per heavy atom. The Kier molecular flexibility index (Phi) is 4.35. The SMILES string of the molecule is CC(CCCc1ccccc1)c1cccc2ccccc12. The van der Waals surface area contributed by atoms with Crippen LogP contribution in [0.5, 0.6) is 0 Å². The molecule has 0 radical (unpaired) electrons. The standard InChI is InChI=1S/C21H22/c1-17(9-7-12-18-10-3-2-4-11-18)20-16-8-14-19-13-5-6-15-21(19)20/h2-6,8,10-11,13-17H,7,9,12H2,1H3. The molecule has 3 aromatic rings. The summed E-state index contributed by atoms with van der Waals surface area (Å²) in [6.45, 7) is 2.35. The van der Waals surface area contributed by atoms with Gasteiger partial charge in [0, 0.05) is 0 Å². The van der Waals surface area contributed by atoms with Crippen molar-refractivity contribution in [3.63, 3.8) is 0 Å². The van der Waals surface area contributed by atoms with Crippen molar-refractivity contribution < 1.29 is 0 Å². The van der Waals surface area contributed by atoms with Crippen molar-refractivity contribution in [3.8, 4) is 0 Å². The molecule has 3 rings (SSSR count). The number of aryl methyl sites for hydroxylation is 1. The van der Waals surface area contributed by atoms with E-state index in [1.54, 1.807) is 0 Å². The van der Waals surface area contributed by atoms with Crippen LogP contribution >= 0.6 is 0 Å². The maximum absolute atomic E-state index is 2.35. The monoisotopic (exact) mass is 274 g/mol. The summed E-state index contributed by atoms with van der Waals surface area (Å²) in [7, 11) is 0. The first-order valence-electron chi connectivity index (χ1n) is 7.86. The van der Waals surface area contributed by atoms with Crippen LogP contribution in [-0.4, -0.2) is 0 Å². The predicted molar refractivity (Wildman–Crippen MR) is 91.7 cm³/mol. The minimum absolute atomic E-state index is 0.611. The van der Waals surface area contributed by atoms with Crippen molar-refractivity contribution in [2.45, 2.75) is 32.1 Å². The molecule has 0 aromatic heterocycles. The third-order valence-corrected chi connectivity index (χ3v) is 4.30. The van der Waals surface area contributed by atoms with Gasteiger partial charge in [0.15, 0.2) is 0 Å². The largest absolute Gasteiger partial charge is 0.0622 e. The summed E-state index contributed by atoms with van der Waals surface area (Å²) in [6.07, 6.45) is 3.66. The second-order valence-corrected chi connectivity index (χ2v) is 5.85. The van der Waals surface area contributed by atoms with Crippen LogP contribution in [0.4, 0.5) is 0 Å². The highest BCUT2D eigenvalue weighted by atomic mass is 14.1. The molecule has 0 saturated carbocycles. The summed E-state index contributed by atoms with van der Waals surface area (Å²) in [5.41, 5.74) is 2.93. The normalized spacial score (nSPS) is 12.4. The first-order valence-corrected chi connectivity index (χ1v) is 7.86. The average Bonchev–Trinajstić information content (AvgIpc) is 2.55. The summed E-state index contributed by atoms with van der Waals surface area (Å²) in [4.78, 5) is 0. The molecule has 21 heavy (non-hydrogen) atoms. The fourth-order valence-corrected chi connectivity index (χ4v) is 3.09. The van der Waals surface area contributed by atoms with Crippen molar-refractivity contribution in [3.05, 3.63) is 83.9 Å². The van der Waals surface area contributed by atoms with E-state index in [4.69, 9.17) is 0 Å². The molecule has 0 fully saturated rings. The quantitative estimate of drug-likeness (QED) is 0.538. The van der Waals surface area contributed by atoms with Crippen molar-refractivity contribution in [1.29, 1.82) is 0 Å². The van der Waals surface area contributed by atoms with E-state index in [0.717, 1.165) is 0 Å². The van der Waals surface area contributed by atoms with Crippen LogP contribution < -0.4 is 0 Å². The van der Waals surface area contributed by atoms with Crippen LogP contribution in [0.15, 0.2) is 72.8 Å². The molecule has 0 saturated heterocycles. The summed E-state index contributed by atoms with van der Waals surface area (Å²) >= 11 is 0. The summed E-state index contributed by atoms with van der Waals surface area (Å²) in [5, 5.41) is 2.76. The van der Waals surface area contributed by atoms with Crippen LogP contribution in [-0.2, 0) is 6.42 Å². The van der Waals surface area contributed by atoms with Crippen molar-refractivity contribution >= 4 is 10.8 Å². The minimum atomic E-state index is 0.611. The van der Waals surface area contributed by atoms with Gasteiger partial charge in [0.25, 0.3) is 0 Å². The molecule has 0 nitrogen and oxygen atoms in total.